The van der Waals surface area contributed by atoms with Crippen LogP contribution in [0.2, 0.25) is 0 Å². The number of para-hydroxylation sites is 1. The lowest BCUT2D eigenvalue weighted by molar-refractivity contribution is 0.419. The smallest absolute Gasteiger partial charge is 0.228 e. The van der Waals surface area contributed by atoms with Crippen molar-refractivity contribution in [2.24, 2.45) is 0 Å². The lowest BCUT2D eigenvalue weighted by atomic mass is 10.1. The number of nitrogens with zero attached hydrogens (tertiary/aromatic N) is 6. The Morgan fingerprint density at radius 3 is 2.52 bits per heavy atom. The summed E-state index contributed by atoms with van der Waals surface area (Å²) in [6.45, 7) is 5.79. The van der Waals surface area contributed by atoms with Gasteiger partial charge in [-0.25, -0.2) is 15.0 Å². The molecule has 0 bridgehead atoms. The van der Waals surface area contributed by atoms with Crippen LogP contribution >= 0.6 is 0 Å². The zero-order valence-electron chi connectivity index (χ0n) is 16.6. The maximum atomic E-state index is 9.55. The summed E-state index contributed by atoms with van der Waals surface area (Å²) in [5.41, 5.74) is 3.77. The third kappa shape index (κ3) is 3.34. The Morgan fingerprint density at radius 1 is 1.07 bits per heavy atom. The molecular weight excluding hydrogens is 366 g/mol. The van der Waals surface area contributed by atoms with Gasteiger partial charge in [0.1, 0.15) is 22.9 Å². The van der Waals surface area contributed by atoms with E-state index in [0.717, 1.165) is 27.9 Å². The first-order chi connectivity index (χ1) is 14.0. The molecule has 29 heavy (non-hydrogen) atoms. The van der Waals surface area contributed by atoms with Crippen LogP contribution in [0.25, 0.3) is 16.7 Å². The summed E-state index contributed by atoms with van der Waals surface area (Å²) in [5, 5.41) is 18.1. The number of hydrogen-bond acceptors (Lipinski definition) is 7. The lowest BCUT2D eigenvalue weighted by Gasteiger charge is -2.13. The van der Waals surface area contributed by atoms with Crippen LogP contribution in [-0.2, 0) is 0 Å². The van der Waals surface area contributed by atoms with Gasteiger partial charge in [-0.3, -0.25) is 0 Å². The molecule has 8 nitrogen and oxygen atoms in total. The number of benzene rings is 1. The lowest BCUT2D eigenvalue weighted by Crippen LogP contribution is -2.08. The molecule has 4 rings (SSSR count). The summed E-state index contributed by atoms with van der Waals surface area (Å²) in [6.07, 6.45) is 1.49. The molecule has 0 aliphatic carbocycles. The van der Waals surface area contributed by atoms with Gasteiger partial charge in [-0.05, 0) is 44.5 Å². The van der Waals surface area contributed by atoms with Crippen molar-refractivity contribution >= 4 is 22.7 Å². The Hall–Kier alpha value is -3.99. The van der Waals surface area contributed by atoms with Gasteiger partial charge in [0.2, 0.25) is 5.95 Å². The van der Waals surface area contributed by atoms with Gasteiger partial charge < -0.3 is 10.1 Å². The largest absolute Gasteiger partial charge is 0.494 e. The first-order valence-electron chi connectivity index (χ1n) is 9.02. The topological polar surface area (TPSA) is 102 Å². The van der Waals surface area contributed by atoms with E-state index in [9.17, 15) is 5.26 Å². The fraction of sp³-hybridized carbons (Fsp3) is 0.190. The van der Waals surface area contributed by atoms with Crippen LogP contribution in [0.4, 0.5) is 11.8 Å². The monoisotopic (exact) mass is 385 g/mol. The number of hydrogen-bond donors (Lipinski definition) is 1. The second-order valence-electron chi connectivity index (χ2n) is 6.68. The number of aryl methyl sites for hydroxylation is 3. The first-order valence-corrected chi connectivity index (χ1v) is 9.02. The van der Waals surface area contributed by atoms with Gasteiger partial charge in [0, 0.05) is 16.8 Å². The molecule has 0 atom stereocenters. The Labute approximate surface area is 167 Å². The minimum Gasteiger partial charge on any atom is -0.494 e. The van der Waals surface area contributed by atoms with E-state index in [2.05, 4.69) is 26.5 Å². The molecule has 0 saturated carbocycles. The van der Waals surface area contributed by atoms with Gasteiger partial charge >= 0.3 is 0 Å². The van der Waals surface area contributed by atoms with Crippen LogP contribution in [-0.4, -0.2) is 31.8 Å². The minimum absolute atomic E-state index is 0.368. The molecule has 0 spiro atoms. The van der Waals surface area contributed by atoms with Gasteiger partial charge in [0.15, 0.2) is 11.6 Å². The van der Waals surface area contributed by atoms with Crippen LogP contribution < -0.4 is 10.1 Å². The number of pyridine rings is 1. The van der Waals surface area contributed by atoms with Crippen molar-refractivity contribution in [2.45, 2.75) is 20.8 Å². The van der Waals surface area contributed by atoms with E-state index in [1.54, 1.807) is 11.8 Å². The highest BCUT2D eigenvalue weighted by Gasteiger charge is 2.17. The standard InChI is InChI=1S/C21H19N7O/c1-12-8-18(26-19-16(12)6-5-7-17(19)29-4)28-20(15(10-22)11-23-28)27-21-24-13(2)9-14(3)25-21/h5-9,11H,1-4H3,(H,24,25,27). The molecule has 144 valence electrons. The van der Waals surface area contributed by atoms with E-state index >= 15 is 0 Å². The van der Waals surface area contributed by atoms with E-state index in [1.165, 1.54) is 6.20 Å². The predicted molar refractivity (Wildman–Crippen MR) is 110 cm³/mol. The van der Waals surface area contributed by atoms with E-state index in [4.69, 9.17) is 9.72 Å². The van der Waals surface area contributed by atoms with Crippen molar-refractivity contribution in [1.82, 2.24) is 24.7 Å². The maximum Gasteiger partial charge on any atom is 0.228 e. The highest BCUT2D eigenvalue weighted by molar-refractivity contribution is 5.88. The Kier molecular flexibility index (Phi) is 4.56. The zero-order valence-corrected chi connectivity index (χ0v) is 16.6. The molecule has 0 aliphatic heterocycles. The summed E-state index contributed by atoms with van der Waals surface area (Å²) in [4.78, 5) is 13.5. The molecule has 8 heteroatoms. The molecule has 3 aromatic heterocycles. The molecule has 0 aliphatic rings. The zero-order chi connectivity index (χ0) is 20.5. The highest BCUT2D eigenvalue weighted by Crippen LogP contribution is 2.29. The molecule has 0 unspecified atom stereocenters. The third-order valence-electron chi connectivity index (χ3n) is 4.53. The number of fused-ring (bicyclic) bond motifs is 1. The summed E-state index contributed by atoms with van der Waals surface area (Å²) in [7, 11) is 1.62. The van der Waals surface area contributed by atoms with Crippen molar-refractivity contribution in [1.29, 1.82) is 5.26 Å². The number of anilines is 2. The van der Waals surface area contributed by atoms with Crippen molar-refractivity contribution in [3.63, 3.8) is 0 Å². The van der Waals surface area contributed by atoms with Crippen LogP contribution in [0.15, 0.2) is 36.5 Å². The van der Waals surface area contributed by atoms with E-state index in [1.807, 2.05) is 51.1 Å². The normalized spacial score (nSPS) is 10.7. The molecule has 0 saturated heterocycles. The highest BCUT2D eigenvalue weighted by atomic mass is 16.5. The third-order valence-corrected chi connectivity index (χ3v) is 4.53. The fourth-order valence-electron chi connectivity index (χ4n) is 3.26. The first kappa shape index (κ1) is 18.4. The van der Waals surface area contributed by atoms with Gasteiger partial charge in [-0.2, -0.15) is 15.0 Å². The van der Waals surface area contributed by atoms with Crippen LogP contribution in [0, 0.1) is 32.1 Å². The van der Waals surface area contributed by atoms with E-state index < -0.39 is 0 Å². The summed E-state index contributed by atoms with van der Waals surface area (Å²) >= 11 is 0. The van der Waals surface area contributed by atoms with Crippen LogP contribution in [0.1, 0.15) is 22.5 Å². The number of ether oxygens (including phenoxy) is 1. The quantitative estimate of drug-likeness (QED) is 0.571. The van der Waals surface area contributed by atoms with Crippen LogP contribution in [0.5, 0.6) is 5.75 Å². The molecule has 4 aromatic rings. The van der Waals surface area contributed by atoms with Crippen molar-refractivity contribution < 1.29 is 4.74 Å². The Balaban J connectivity index is 1.88. The number of nitriles is 1. The second-order valence-corrected chi connectivity index (χ2v) is 6.68. The van der Waals surface area contributed by atoms with E-state index in [-0.39, 0.29) is 0 Å². The molecule has 0 radical (unpaired) electrons. The molecule has 0 fully saturated rings. The number of rotatable bonds is 4. The summed E-state index contributed by atoms with van der Waals surface area (Å²) in [6, 6.07) is 11.8. The number of methoxy groups -OCH3 is 1. The summed E-state index contributed by atoms with van der Waals surface area (Å²) in [5.74, 6) is 2.09. The van der Waals surface area contributed by atoms with Crippen molar-refractivity contribution in [2.75, 3.05) is 12.4 Å². The summed E-state index contributed by atoms with van der Waals surface area (Å²) < 4.78 is 7.05. The molecule has 0 amide bonds. The van der Waals surface area contributed by atoms with Gasteiger partial charge in [-0.15, -0.1) is 0 Å². The predicted octanol–water partition coefficient (Wildman–Crippen LogP) is 3.76. The average molecular weight is 385 g/mol. The molecule has 3 heterocycles. The minimum atomic E-state index is 0.368. The van der Waals surface area contributed by atoms with Crippen molar-refractivity contribution in [3.05, 3.63) is 59.0 Å². The molecule has 1 aromatic carbocycles. The van der Waals surface area contributed by atoms with Gasteiger partial charge in [0.25, 0.3) is 0 Å². The Morgan fingerprint density at radius 2 is 1.83 bits per heavy atom. The number of aromatic nitrogens is 5. The maximum absolute atomic E-state index is 9.55. The SMILES string of the molecule is COc1cccc2c(C)cc(-n3ncc(C#N)c3Nc3nc(C)cc(C)n3)nc12. The van der Waals surface area contributed by atoms with Gasteiger partial charge in [0.05, 0.1) is 13.3 Å². The van der Waals surface area contributed by atoms with Crippen LogP contribution in [0.3, 0.4) is 0 Å². The molecule has 1 N–H and O–H groups in total. The Bertz CT molecular complexity index is 1250. The fourth-order valence-corrected chi connectivity index (χ4v) is 3.26. The van der Waals surface area contributed by atoms with Gasteiger partial charge in [-0.1, -0.05) is 12.1 Å². The second kappa shape index (κ2) is 7.20. The van der Waals surface area contributed by atoms with Crippen molar-refractivity contribution in [3.8, 4) is 17.6 Å². The molecular formula is C21H19N7O. The van der Waals surface area contributed by atoms with E-state index in [0.29, 0.717) is 28.9 Å². The number of nitrogens with one attached hydrogen (secondary N) is 1. The average Bonchev–Trinajstić information content (AvgIpc) is 3.09.